The fraction of sp³-hybridized carbons (Fsp3) is 0.792. The van der Waals surface area contributed by atoms with Gasteiger partial charge in [-0.15, -0.1) is 0 Å². The topological polar surface area (TPSA) is 147 Å². The number of amides is 1. The maximum atomic E-state index is 11.8. The van der Waals surface area contributed by atoms with Gasteiger partial charge in [0.2, 0.25) is 5.91 Å². The van der Waals surface area contributed by atoms with Crippen molar-refractivity contribution in [2.45, 2.75) is 108 Å². The highest BCUT2D eigenvalue weighted by atomic mass is 32.2. The Morgan fingerprint density at radius 3 is 1.94 bits per heavy atom. The SMILES string of the molecule is CCCCCCCC/C=C\CCCCCCCC(=O)NCCOC(=O)[C@H](CC(=O)O)S(=O)(=O)O. The number of ether oxygens (including phenoxy) is 1. The van der Waals surface area contributed by atoms with Crippen LogP contribution < -0.4 is 5.32 Å². The van der Waals surface area contributed by atoms with E-state index < -0.39 is 33.7 Å². The Bertz CT molecular complexity index is 706. The standard InChI is InChI=1S/C24H43NO8S/c1-2-3-4-5-6-7-8-9-10-11-12-13-14-15-16-17-22(26)25-18-19-33-24(29)21(20-23(27)28)34(30,31)32/h9-10,21H,2-8,11-20H2,1H3,(H,25,26)(H,27,28)(H,30,31,32)/b10-9-/t21-/m0/s1. The Morgan fingerprint density at radius 2 is 1.41 bits per heavy atom. The van der Waals surface area contributed by atoms with Crippen LogP contribution in [0.5, 0.6) is 0 Å². The summed E-state index contributed by atoms with van der Waals surface area (Å²) in [6.45, 7) is 1.89. The van der Waals surface area contributed by atoms with Crippen LogP contribution in [-0.2, 0) is 29.2 Å². The first-order valence-electron chi connectivity index (χ1n) is 12.4. The minimum atomic E-state index is -4.89. The number of esters is 1. The molecular weight excluding hydrogens is 462 g/mol. The molecule has 10 heteroatoms. The van der Waals surface area contributed by atoms with Crippen molar-refractivity contribution in [3.05, 3.63) is 12.2 Å². The number of rotatable bonds is 22. The first-order valence-corrected chi connectivity index (χ1v) is 13.9. The van der Waals surface area contributed by atoms with Crippen LogP contribution in [0.2, 0.25) is 0 Å². The molecule has 0 radical (unpaired) electrons. The number of carboxylic acids is 1. The summed E-state index contributed by atoms with van der Waals surface area (Å²) in [5.74, 6) is -3.13. The van der Waals surface area contributed by atoms with Crippen molar-refractivity contribution >= 4 is 28.0 Å². The van der Waals surface area contributed by atoms with Gasteiger partial charge in [0.25, 0.3) is 10.1 Å². The molecule has 0 aliphatic heterocycles. The first kappa shape index (κ1) is 32.1. The summed E-state index contributed by atoms with van der Waals surface area (Å²) in [6.07, 6.45) is 19.1. The summed E-state index contributed by atoms with van der Waals surface area (Å²) in [5, 5.41) is 9.00. The normalized spacial score (nSPS) is 12.5. The number of carboxylic acid groups (broad SMARTS) is 1. The van der Waals surface area contributed by atoms with Crippen molar-refractivity contribution < 1.29 is 37.2 Å². The van der Waals surface area contributed by atoms with Crippen LogP contribution in [-0.4, -0.2) is 54.3 Å². The molecule has 0 saturated heterocycles. The Morgan fingerprint density at radius 1 is 0.882 bits per heavy atom. The van der Waals surface area contributed by atoms with Gasteiger partial charge < -0.3 is 15.2 Å². The molecule has 0 rings (SSSR count). The maximum Gasteiger partial charge on any atom is 0.327 e. The van der Waals surface area contributed by atoms with E-state index in [2.05, 4.69) is 29.1 Å². The van der Waals surface area contributed by atoms with Gasteiger partial charge in [0, 0.05) is 6.42 Å². The Labute approximate surface area is 204 Å². The molecule has 198 valence electrons. The van der Waals surface area contributed by atoms with E-state index in [4.69, 9.17) is 9.66 Å². The molecule has 0 spiro atoms. The lowest BCUT2D eigenvalue weighted by Crippen LogP contribution is -2.36. The summed E-state index contributed by atoms with van der Waals surface area (Å²) in [7, 11) is -4.89. The number of hydrogen-bond donors (Lipinski definition) is 3. The number of allylic oxidation sites excluding steroid dienone is 2. The summed E-state index contributed by atoms with van der Waals surface area (Å²) in [4.78, 5) is 34.1. The number of carbonyl (C=O) groups is 3. The van der Waals surface area contributed by atoms with E-state index in [1.54, 1.807) is 0 Å². The van der Waals surface area contributed by atoms with Crippen LogP contribution in [0, 0.1) is 0 Å². The first-order chi connectivity index (χ1) is 16.2. The largest absolute Gasteiger partial charge is 0.481 e. The number of unbranched alkanes of at least 4 members (excludes halogenated alkanes) is 11. The summed E-state index contributed by atoms with van der Waals surface area (Å²) in [6, 6.07) is 0. The van der Waals surface area contributed by atoms with E-state index in [0.29, 0.717) is 6.42 Å². The molecule has 0 aliphatic carbocycles. The fourth-order valence-electron chi connectivity index (χ4n) is 3.35. The predicted molar refractivity (Wildman–Crippen MR) is 131 cm³/mol. The number of aliphatic carboxylic acids is 1. The van der Waals surface area contributed by atoms with Gasteiger partial charge in [-0.3, -0.25) is 18.9 Å². The van der Waals surface area contributed by atoms with E-state index >= 15 is 0 Å². The molecule has 9 nitrogen and oxygen atoms in total. The smallest absolute Gasteiger partial charge is 0.327 e. The van der Waals surface area contributed by atoms with Crippen molar-refractivity contribution in [3.63, 3.8) is 0 Å². The summed E-state index contributed by atoms with van der Waals surface area (Å²) in [5.41, 5.74) is 0. The molecule has 34 heavy (non-hydrogen) atoms. The zero-order chi connectivity index (χ0) is 25.7. The third-order valence-corrected chi connectivity index (χ3v) is 6.39. The van der Waals surface area contributed by atoms with Gasteiger partial charge in [-0.2, -0.15) is 8.42 Å². The molecule has 0 saturated carbocycles. The van der Waals surface area contributed by atoms with Gasteiger partial charge in [-0.05, 0) is 32.1 Å². The fourth-order valence-corrected chi connectivity index (χ4v) is 4.01. The van der Waals surface area contributed by atoms with Gasteiger partial charge in [-0.25, -0.2) is 0 Å². The zero-order valence-electron chi connectivity index (χ0n) is 20.5. The van der Waals surface area contributed by atoms with E-state index in [1.807, 2.05) is 0 Å². The number of carbonyl (C=O) groups excluding carboxylic acids is 2. The minimum Gasteiger partial charge on any atom is -0.481 e. The van der Waals surface area contributed by atoms with Crippen LogP contribution in [0.15, 0.2) is 12.2 Å². The number of nitrogens with one attached hydrogen (secondary N) is 1. The molecule has 0 aromatic carbocycles. The third-order valence-electron chi connectivity index (χ3n) is 5.32. The molecule has 0 heterocycles. The van der Waals surface area contributed by atoms with Crippen molar-refractivity contribution in [3.8, 4) is 0 Å². The Balaban J connectivity index is 3.65. The highest BCUT2D eigenvalue weighted by Gasteiger charge is 2.34. The molecule has 1 atom stereocenters. The van der Waals surface area contributed by atoms with Gasteiger partial charge in [0.15, 0.2) is 5.25 Å². The second kappa shape index (κ2) is 20.4. The monoisotopic (exact) mass is 505 g/mol. The van der Waals surface area contributed by atoms with Crippen molar-refractivity contribution in [2.24, 2.45) is 0 Å². The molecule has 0 unspecified atom stereocenters. The van der Waals surface area contributed by atoms with Crippen molar-refractivity contribution in [1.29, 1.82) is 0 Å². The lowest BCUT2D eigenvalue weighted by atomic mass is 10.1. The lowest BCUT2D eigenvalue weighted by Gasteiger charge is -2.12. The van der Waals surface area contributed by atoms with Gasteiger partial charge in [-0.1, -0.05) is 70.4 Å². The molecule has 0 aliphatic rings. The van der Waals surface area contributed by atoms with Crippen molar-refractivity contribution in [1.82, 2.24) is 5.32 Å². The number of hydrogen-bond acceptors (Lipinski definition) is 6. The Hall–Kier alpha value is -1.94. The third kappa shape index (κ3) is 19.5. The van der Waals surface area contributed by atoms with Crippen LogP contribution in [0.4, 0.5) is 0 Å². The molecule has 1 amide bonds. The lowest BCUT2D eigenvalue weighted by molar-refractivity contribution is -0.147. The zero-order valence-corrected chi connectivity index (χ0v) is 21.3. The van der Waals surface area contributed by atoms with Crippen molar-refractivity contribution in [2.75, 3.05) is 13.2 Å². The van der Waals surface area contributed by atoms with Crippen LogP contribution in [0.1, 0.15) is 103 Å². The highest BCUT2D eigenvalue weighted by molar-refractivity contribution is 7.87. The van der Waals surface area contributed by atoms with Crippen LogP contribution in [0.25, 0.3) is 0 Å². The van der Waals surface area contributed by atoms with E-state index in [1.165, 1.54) is 44.9 Å². The Kier molecular flexibility index (Phi) is 19.3. The summed E-state index contributed by atoms with van der Waals surface area (Å²) >= 11 is 0. The summed E-state index contributed by atoms with van der Waals surface area (Å²) < 4.78 is 35.8. The molecular formula is C24H43NO8S. The predicted octanol–water partition coefficient (Wildman–Crippen LogP) is 4.41. The van der Waals surface area contributed by atoms with Gasteiger partial charge >= 0.3 is 11.9 Å². The van der Waals surface area contributed by atoms with E-state index in [0.717, 1.165) is 38.5 Å². The molecule has 0 aromatic heterocycles. The second-order valence-corrected chi connectivity index (χ2v) is 10.1. The van der Waals surface area contributed by atoms with Gasteiger partial charge in [0.1, 0.15) is 6.61 Å². The quantitative estimate of drug-likeness (QED) is 0.0848. The molecule has 0 bridgehead atoms. The van der Waals surface area contributed by atoms with E-state index in [-0.39, 0.29) is 19.1 Å². The van der Waals surface area contributed by atoms with Crippen LogP contribution in [0.3, 0.4) is 0 Å². The second-order valence-electron chi connectivity index (χ2n) is 8.45. The highest BCUT2D eigenvalue weighted by Crippen LogP contribution is 2.10. The molecule has 3 N–H and O–H groups in total. The average Bonchev–Trinajstić information content (AvgIpc) is 2.76. The van der Waals surface area contributed by atoms with Gasteiger partial charge in [0.05, 0.1) is 13.0 Å². The van der Waals surface area contributed by atoms with E-state index in [9.17, 15) is 22.8 Å². The maximum absolute atomic E-state index is 11.8. The van der Waals surface area contributed by atoms with Crippen LogP contribution >= 0.6 is 0 Å². The average molecular weight is 506 g/mol. The molecule has 0 aromatic rings. The molecule has 0 fully saturated rings. The minimum absolute atomic E-state index is 0.0269.